The highest BCUT2D eigenvalue weighted by Crippen LogP contribution is 2.34. The molecule has 0 aromatic heterocycles. The predicted molar refractivity (Wildman–Crippen MR) is 117 cm³/mol. The molecule has 0 unspecified atom stereocenters. The van der Waals surface area contributed by atoms with Gasteiger partial charge in [0, 0.05) is 0 Å². The van der Waals surface area contributed by atoms with Crippen molar-refractivity contribution in [2.45, 2.75) is 79.1 Å². The maximum absolute atomic E-state index is 2.53. The second-order valence-corrected chi connectivity index (χ2v) is 7.71. The van der Waals surface area contributed by atoms with Crippen molar-refractivity contribution in [2.24, 2.45) is 0 Å². The largest absolute Gasteiger partial charge is 0.0651 e. The van der Waals surface area contributed by atoms with Gasteiger partial charge in [-0.15, -0.1) is 0 Å². The number of hydrogen-bond acceptors (Lipinski definition) is 0. The van der Waals surface area contributed by atoms with Crippen molar-refractivity contribution in [3.8, 4) is 0 Å². The fraction of sp³-hybridized carbons (Fsp3) is 0.462. The zero-order valence-electron chi connectivity index (χ0n) is 17.1. The summed E-state index contributed by atoms with van der Waals surface area (Å²) in [7, 11) is 0. The Balaban J connectivity index is 2.36. The summed E-state index contributed by atoms with van der Waals surface area (Å²) in [6, 6.07) is 14.6. The standard InChI is InChI=1S/C26H34/c1-5-9-19-13-14-20(10-6-2)24-18-26-22(12-8-4)16-15-21(11-7-3)25(26)17-23(19)24/h13-18H,5-12H2,1-4H3. The molecule has 0 nitrogen and oxygen atoms in total. The van der Waals surface area contributed by atoms with Crippen molar-refractivity contribution in [1.82, 2.24) is 0 Å². The van der Waals surface area contributed by atoms with E-state index in [0.717, 1.165) is 0 Å². The Hall–Kier alpha value is -1.82. The molecule has 0 saturated carbocycles. The van der Waals surface area contributed by atoms with Crippen LogP contribution in [0.5, 0.6) is 0 Å². The van der Waals surface area contributed by atoms with Gasteiger partial charge in [-0.25, -0.2) is 0 Å². The molecule has 3 rings (SSSR count). The molecular weight excluding hydrogens is 312 g/mol. The van der Waals surface area contributed by atoms with E-state index in [-0.39, 0.29) is 0 Å². The number of benzene rings is 3. The summed E-state index contributed by atoms with van der Waals surface area (Å²) in [5.74, 6) is 0. The van der Waals surface area contributed by atoms with E-state index >= 15 is 0 Å². The van der Waals surface area contributed by atoms with E-state index in [1.807, 2.05) is 0 Å². The van der Waals surface area contributed by atoms with Gasteiger partial charge in [0.2, 0.25) is 0 Å². The molecule has 0 radical (unpaired) electrons. The SMILES string of the molecule is CCCc1ccc(CCC)c2cc3c(CCC)ccc(CCC)c3cc12. The van der Waals surface area contributed by atoms with E-state index in [1.165, 1.54) is 95.2 Å². The van der Waals surface area contributed by atoms with Crippen molar-refractivity contribution in [2.75, 3.05) is 0 Å². The molecular formula is C26H34. The molecule has 0 heteroatoms. The van der Waals surface area contributed by atoms with Gasteiger partial charge in [-0.3, -0.25) is 0 Å². The summed E-state index contributed by atoms with van der Waals surface area (Å²) >= 11 is 0. The van der Waals surface area contributed by atoms with Crippen LogP contribution in [0.25, 0.3) is 21.5 Å². The van der Waals surface area contributed by atoms with Gasteiger partial charge in [0.25, 0.3) is 0 Å². The Bertz CT molecular complexity index is 741. The molecule has 3 aromatic rings. The first-order chi connectivity index (χ1) is 12.7. The van der Waals surface area contributed by atoms with Crippen molar-refractivity contribution in [3.63, 3.8) is 0 Å². The maximum atomic E-state index is 2.53. The molecule has 0 N–H and O–H groups in total. The number of aryl methyl sites for hydroxylation is 4. The normalized spacial score (nSPS) is 11.5. The van der Waals surface area contributed by atoms with E-state index < -0.39 is 0 Å². The Labute approximate surface area is 159 Å². The first kappa shape index (κ1) is 19.0. The zero-order valence-corrected chi connectivity index (χ0v) is 17.1. The van der Waals surface area contributed by atoms with Gasteiger partial charge < -0.3 is 0 Å². The van der Waals surface area contributed by atoms with Gasteiger partial charge in [0.1, 0.15) is 0 Å². The fourth-order valence-corrected chi connectivity index (χ4v) is 4.37. The van der Waals surface area contributed by atoms with Gasteiger partial charge in [-0.2, -0.15) is 0 Å². The Morgan fingerprint density at radius 3 is 0.846 bits per heavy atom. The van der Waals surface area contributed by atoms with E-state index in [0.29, 0.717) is 0 Å². The Morgan fingerprint density at radius 2 is 0.654 bits per heavy atom. The van der Waals surface area contributed by atoms with Gasteiger partial charge in [0.15, 0.2) is 0 Å². The van der Waals surface area contributed by atoms with Crippen molar-refractivity contribution < 1.29 is 0 Å². The van der Waals surface area contributed by atoms with Crippen molar-refractivity contribution in [1.29, 1.82) is 0 Å². The summed E-state index contributed by atoms with van der Waals surface area (Å²) in [6.45, 7) is 9.15. The van der Waals surface area contributed by atoms with Crippen molar-refractivity contribution in [3.05, 3.63) is 58.7 Å². The van der Waals surface area contributed by atoms with Gasteiger partial charge in [-0.1, -0.05) is 77.6 Å². The van der Waals surface area contributed by atoms with Crippen LogP contribution in [0.1, 0.15) is 75.6 Å². The molecule has 3 aromatic carbocycles. The van der Waals surface area contributed by atoms with Gasteiger partial charge in [0.05, 0.1) is 0 Å². The highest BCUT2D eigenvalue weighted by atomic mass is 14.2. The van der Waals surface area contributed by atoms with Crippen LogP contribution in [0, 0.1) is 0 Å². The summed E-state index contributed by atoms with van der Waals surface area (Å²) in [4.78, 5) is 0. The third-order valence-electron chi connectivity index (χ3n) is 5.59. The minimum atomic E-state index is 1.17. The fourth-order valence-electron chi connectivity index (χ4n) is 4.37. The van der Waals surface area contributed by atoms with Crippen LogP contribution in [-0.2, 0) is 25.7 Å². The topological polar surface area (TPSA) is 0 Å². The quantitative estimate of drug-likeness (QED) is 0.365. The van der Waals surface area contributed by atoms with E-state index in [1.54, 1.807) is 0 Å². The average Bonchev–Trinajstić information content (AvgIpc) is 2.65. The first-order valence-electron chi connectivity index (χ1n) is 10.7. The lowest BCUT2D eigenvalue weighted by Gasteiger charge is -2.16. The molecule has 0 atom stereocenters. The Morgan fingerprint density at radius 1 is 0.423 bits per heavy atom. The molecule has 0 amide bonds. The molecule has 0 heterocycles. The summed E-state index contributed by atoms with van der Waals surface area (Å²) in [6.07, 6.45) is 9.52. The summed E-state index contributed by atoms with van der Waals surface area (Å²) in [5.41, 5.74) is 6.08. The predicted octanol–water partition coefficient (Wildman–Crippen LogP) is 7.80. The average molecular weight is 347 g/mol. The third kappa shape index (κ3) is 3.65. The lowest BCUT2D eigenvalue weighted by molar-refractivity contribution is 0.913. The lowest BCUT2D eigenvalue weighted by atomic mass is 9.88. The minimum Gasteiger partial charge on any atom is -0.0651 e. The Kier molecular flexibility index (Phi) is 6.35. The number of rotatable bonds is 8. The summed E-state index contributed by atoms with van der Waals surface area (Å²) in [5, 5.41) is 5.99. The molecule has 0 aliphatic heterocycles. The third-order valence-corrected chi connectivity index (χ3v) is 5.59. The maximum Gasteiger partial charge on any atom is -0.0143 e. The van der Waals surface area contributed by atoms with E-state index in [4.69, 9.17) is 0 Å². The van der Waals surface area contributed by atoms with Crippen LogP contribution in [0.15, 0.2) is 36.4 Å². The minimum absolute atomic E-state index is 1.17. The van der Waals surface area contributed by atoms with Crippen LogP contribution >= 0.6 is 0 Å². The molecule has 0 aliphatic carbocycles. The van der Waals surface area contributed by atoms with Crippen LogP contribution in [0.4, 0.5) is 0 Å². The molecule has 0 saturated heterocycles. The molecule has 138 valence electrons. The summed E-state index contributed by atoms with van der Waals surface area (Å²) < 4.78 is 0. The number of fused-ring (bicyclic) bond motifs is 2. The van der Waals surface area contributed by atoms with Crippen LogP contribution in [0.3, 0.4) is 0 Å². The molecule has 0 aliphatic rings. The highest BCUT2D eigenvalue weighted by Gasteiger charge is 2.12. The van der Waals surface area contributed by atoms with Gasteiger partial charge >= 0.3 is 0 Å². The van der Waals surface area contributed by atoms with Crippen LogP contribution < -0.4 is 0 Å². The number of hydrogen-bond donors (Lipinski definition) is 0. The van der Waals surface area contributed by atoms with E-state index in [9.17, 15) is 0 Å². The lowest BCUT2D eigenvalue weighted by Crippen LogP contribution is -1.96. The first-order valence-corrected chi connectivity index (χ1v) is 10.7. The van der Waals surface area contributed by atoms with Crippen LogP contribution in [0.2, 0.25) is 0 Å². The molecule has 0 spiro atoms. The second-order valence-electron chi connectivity index (χ2n) is 7.71. The van der Waals surface area contributed by atoms with E-state index in [2.05, 4.69) is 64.1 Å². The molecule has 26 heavy (non-hydrogen) atoms. The smallest absolute Gasteiger partial charge is 0.0143 e. The van der Waals surface area contributed by atoms with Gasteiger partial charge in [-0.05, 0) is 81.6 Å². The van der Waals surface area contributed by atoms with Crippen molar-refractivity contribution >= 4 is 21.5 Å². The van der Waals surface area contributed by atoms with Crippen LogP contribution in [-0.4, -0.2) is 0 Å². The highest BCUT2D eigenvalue weighted by molar-refractivity contribution is 6.03. The molecule has 0 bridgehead atoms. The monoisotopic (exact) mass is 346 g/mol. The zero-order chi connectivity index (χ0) is 18.5. The second kappa shape index (κ2) is 8.71. The molecule has 0 fully saturated rings.